The van der Waals surface area contributed by atoms with Crippen LogP contribution in [0.5, 0.6) is 0 Å². The highest BCUT2D eigenvalue weighted by molar-refractivity contribution is 7.98. The van der Waals surface area contributed by atoms with Crippen molar-refractivity contribution in [3.8, 4) is 5.69 Å². The number of aromatic nitrogens is 2. The van der Waals surface area contributed by atoms with Crippen molar-refractivity contribution >= 4 is 23.4 Å². The highest BCUT2D eigenvalue weighted by atomic mass is 32.2. The maximum atomic E-state index is 12.6. The lowest BCUT2D eigenvalue weighted by Crippen LogP contribution is -2.25. The molecule has 0 saturated carbocycles. The molecule has 0 bridgehead atoms. The van der Waals surface area contributed by atoms with Crippen LogP contribution in [0.2, 0.25) is 0 Å². The second-order valence-electron chi connectivity index (χ2n) is 9.83. The summed E-state index contributed by atoms with van der Waals surface area (Å²) in [7, 11) is 0. The van der Waals surface area contributed by atoms with E-state index in [2.05, 4.69) is 28.8 Å². The van der Waals surface area contributed by atoms with Gasteiger partial charge in [-0.1, -0.05) is 90.4 Å². The summed E-state index contributed by atoms with van der Waals surface area (Å²) in [5.41, 5.74) is 2.71. The van der Waals surface area contributed by atoms with E-state index in [0.717, 1.165) is 36.5 Å². The number of anilines is 1. The van der Waals surface area contributed by atoms with Crippen molar-refractivity contribution in [3.05, 3.63) is 42.5 Å². The maximum Gasteiger partial charge on any atom is 0.251 e. The zero-order valence-electron chi connectivity index (χ0n) is 22.9. The van der Waals surface area contributed by atoms with Gasteiger partial charge in [-0.05, 0) is 43.0 Å². The van der Waals surface area contributed by atoms with E-state index in [-0.39, 0.29) is 5.91 Å². The molecule has 2 rings (SSSR count). The molecule has 1 heterocycles. The van der Waals surface area contributed by atoms with E-state index in [1.54, 1.807) is 24.3 Å². The van der Waals surface area contributed by atoms with Crippen LogP contribution in [0.1, 0.15) is 114 Å². The number of carbonyl (C=O) groups is 1. The van der Waals surface area contributed by atoms with E-state index >= 15 is 0 Å². The first kappa shape index (κ1) is 30.3. The molecule has 1 amide bonds. The van der Waals surface area contributed by atoms with E-state index in [0.29, 0.717) is 12.1 Å². The fourth-order valence-electron chi connectivity index (χ4n) is 4.51. The van der Waals surface area contributed by atoms with Gasteiger partial charge >= 0.3 is 0 Å². The zero-order chi connectivity index (χ0) is 25.7. The number of amides is 1. The van der Waals surface area contributed by atoms with Gasteiger partial charge in [0.2, 0.25) is 0 Å². The average molecular weight is 515 g/mol. The highest BCUT2D eigenvalue weighted by Gasteiger charge is 2.11. The van der Waals surface area contributed by atoms with Gasteiger partial charge in [0.05, 0.1) is 17.7 Å². The second-order valence-corrected chi connectivity index (χ2v) is 10.8. The summed E-state index contributed by atoms with van der Waals surface area (Å²) in [6.45, 7) is 3.91. The third-order valence-electron chi connectivity index (χ3n) is 6.70. The lowest BCUT2D eigenvalue weighted by molar-refractivity contribution is 0.0954. The van der Waals surface area contributed by atoms with E-state index in [1.807, 2.05) is 29.0 Å². The molecule has 0 spiro atoms. The highest BCUT2D eigenvalue weighted by Crippen LogP contribution is 2.22. The Labute approximate surface area is 224 Å². The minimum atomic E-state index is -0.00664. The first-order valence-electron chi connectivity index (χ1n) is 14.4. The van der Waals surface area contributed by atoms with Crippen LogP contribution in [-0.4, -0.2) is 40.6 Å². The van der Waals surface area contributed by atoms with E-state index < -0.39 is 0 Å². The number of rotatable bonds is 22. The van der Waals surface area contributed by atoms with Crippen molar-refractivity contribution in [2.75, 3.05) is 30.4 Å². The molecule has 0 fully saturated rings. The van der Waals surface area contributed by atoms with Crippen LogP contribution in [-0.2, 0) is 0 Å². The Morgan fingerprint density at radius 3 is 2.08 bits per heavy atom. The summed E-state index contributed by atoms with van der Waals surface area (Å²) < 4.78 is 1.99. The predicted molar refractivity (Wildman–Crippen MR) is 158 cm³/mol. The van der Waals surface area contributed by atoms with Gasteiger partial charge in [-0.25, -0.2) is 4.98 Å². The first-order chi connectivity index (χ1) is 17.8. The molecule has 2 aromatic rings. The lowest BCUT2D eigenvalue weighted by atomic mass is 10.0. The third kappa shape index (κ3) is 12.8. The smallest absolute Gasteiger partial charge is 0.251 e. The molecule has 0 radical (unpaired) electrons. The monoisotopic (exact) mass is 514 g/mol. The van der Waals surface area contributed by atoms with Crippen LogP contribution in [0.4, 0.5) is 5.69 Å². The minimum Gasteiger partial charge on any atom is -0.383 e. The number of carbonyl (C=O) groups excluding carboxylic acids is 1. The Kier molecular flexibility index (Phi) is 16.9. The molecule has 1 aromatic heterocycles. The molecule has 0 unspecified atom stereocenters. The molecule has 0 aliphatic heterocycles. The molecule has 2 N–H and O–H groups in total. The van der Waals surface area contributed by atoms with Gasteiger partial charge < -0.3 is 15.2 Å². The van der Waals surface area contributed by atoms with Crippen LogP contribution >= 0.6 is 11.8 Å². The molecule has 0 atom stereocenters. The van der Waals surface area contributed by atoms with E-state index in [1.165, 1.54) is 83.5 Å². The fourth-order valence-corrected chi connectivity index (χ4v) is 4.94. The van der Waals surface area contributed by atoms with Gasteiger partial charge in [0.1, 0.15) is 0 Å². The van der Waals surface area contributed by atoms with Gasteiger partial charge in [0, 0.05) is 31.0 Å². The quantitative estimate of drug-likeness (QED) is 0.155. The number of thioether (sulfide) groups is 1. The van der Waals surface area contributed by atoms with Crippen molar-refractivity contribution < 1.29 is 4.79 Å². The SMILES string of the molecule is CCCCCCCCCCCCCCCCNc1cc(C(=O)NCCCSC)ccc1-n1ccnc1. The van der Waals surface area contributed by atoms with Gasteiger partial charge in [0.15, 0.2) is 0 Å². The van der Waals surface area contributed by atoms with Gasteiger partial charge in [-0.15, -0.1) is 0 Å². The molecular formula is C30H50N4OS. The molecule has 0 saturated heterocycles. The van der Waals surface area contributed by atoms with E-state index in [9.17, 15) is 4.79 Å². The average Bonchev–Trinajstić information content (AvgIpc) is 3.43. The van der Waals surface area contributed by atoms with Crippen LogP contribution in [0.15, 0.2) is 36.9 Å². The Balaban J connectivity index is 1.65. The number of nitrogens with one attached hydrogen (secondary N) is 2. The summed E-state index contributed by atoms with van der Waals surface area (Å²) in [6, 6.07) is 5.88. The molecule has 6 heteroatoms. The van der Waals surface area contributed by atoms with Crippen LogP contribution in [0.3, 0.4) is 0 Å². The first-order valence-corrected chi connectivity index (χ1v) is 15.8. The summed E-state index contributed by atoms with van der Waals surface area (Å²) >= 11 is 1.81. The predicted octanol–water partition coefficient (Wildman–Crippen LogP) is 8.25. The Bertz CT molecular complexity index is 809. The molecule has 1 aromatic carbocycles. The lowest BCUT2D eigenvalue weighted by Gasteiger charge is -2.15. The van der Waals surface area contributed by atoms with Crippen molar-refractivity contribution in [2.45, 2.75) is 103 Å². The standard InChI is InChI=1S/C30H50N4OS/c1-3-4-5-6-7-8-9-10-11-12-13-14-15-16-20-32-28-25-27(30(35)33-21-17-24-36-2)18-19-29(28)34-23-22-31-26-34/h18-19,22-23,25-26,32H,3-17,20-21,24H2,1-2H3,(H,33,35). The van der Waals surface area contributed by atoms with Crippen LogP contribution in [0, 0.1) is 0 Å². The van der Waals surface area contributed by atoms with Gasteiger partial charge in [-0.2, -0.15) is 11.8 Å². The second kappa shape index (κ2) is 20.1. The molecule has 0 aliphatic rings. The van der Waals surface area contributed by atoms with Crippen molar-refractivity contribution in [2.24, 2.45) is 0 Å². The minimum absolute atomic E-state index is 0.00664. The van der Waals surface area contributed by atoms with Crippen molar-refractivity contribution in [1.29, 1.82) is 0 Å². The van der Waals surface area contributed by atoms with Gasteiger partial charge in [0.25, 0.3) is 5.91 Å². The normalized spacial score (nSPS) is 11.1. The summed E-state index contributed by atoms with van der Waals surface area (Å²) in [4.78, 5) is 16.8. The van der Waals surface area contributed by atoms with Gasteiger partial charge in [-0.3, -0.25) is 4.79 Å². The number of nitrogens with zero attached hydrogens (tertiary/aromatic N) is 2. The molecule has 5 nitrogen and oxygen atoms in total. The topological polar surface area (TPSA) is 59.0 Å². The maximum absolute atomic E-state index is 12.6. The fraction of sp³-hybridized carbons (Fsp3) is 0.667. The van der Waals surface area contributed by atoms with Crippen molar-refractivity contribution in [3.63, 3.8) is 0 Å². The zero-order valence-corrected chi connectivity index (χ0v) is 23.7. The van der Waals surface area contributed by atoms with Crippen molar-refractivity contribution in [1.82, 2.24) is 14.9 Å². The summed E-state index contributed by atoms with van der Waals surface area (Å²) in [5.74, 6) is 1.05. The number of benzene rings is 1. The largest absolute Gasteiger partial charge is 0.383 e. The molecular weight excluding hydrogens is 464 g/mol. The van der Waals surface area contributed by atoms with E-state index in [4.69, 9.17) is 0 Å². The molecule has 202 valence electrons. The Hall–Kier alpha value is -1.95. The Morgan fingerprint density at radius 1 is 0.861 bits per heavy atom. The number of hydrogen-bond donors (Lipinski definition) is 2. The number of imidazole rings is 1. The van der Waals surface area contributed by atoms with Crippen LogP contribution < -0.4 is 10.6 Å². The molecule has 36 heavy (non-hydrogen) atoms. The third-order valence-corrected chi connectivity index (χ3v) is 7.39. The molecule has 0 aliphatic carbocycles. The summed E-state index contributed by atoms with van der Waals surface area (Å²) in [5, 5.41) is 6.62. The number of unbranched alkanes of at least 4 members (excludes halogenated alkanes) is 13. The van der Waals surface area contributed by atoms with Crippen LogP contribution in [0.25, 0.3) is 5.69 Å². The summed E-state index contributed by atoms with van der Waals surface area (Å²) in [6.07, 6.45) is 27.7. The Morgan fingerprint density at radius 2 is 1.50 bits per heavy atom. The number of hydrogen-bond acceptors (Lipinski definition) is 4.